The van der Waals surface area contributed by atoms with Gasteiger partial charge < -0.3 is 10.4 Å². The van der Waals surface area contributed by atoms with Crippen molar-refractivity contribution in [3.8, 4) is 5.82 Å². The predicted molar refractivity (Wildman–Crippen MR) is 111 cm³/mol. The molecule has 0 aromatic carbocycles. The predicted octanol–water partition coefficient (Wildman–Crippen LogP) is 3.24. The van der Waals surface area contributed by atoms with Gasteiger partial charge in [0.15, 0.2) is 5.82 Å². The summed E-state index contributed by atoms with van der Waals surface area (Å²) in [5.74, 6) is 2.16. The van der Waals surface area contributed by atoms with E-state index >= 15 is 0 Å². The molecule has 5 aliphatic rings. The largest absolute Gasteiger partial charge is 0.390 e. The molecule has 2 aromatic heterocycles. The standard InChI is InChI=1S/C23H31N5O2/c29-21(26-20-16-9-15-10-17(20)13-23(30,11-15)12-16)19-14-25-28(18-5-2-1-3-6-18)22(19)27-8-4-7-24-27/h4,7-8,14-18,20,30H,1-3,5-6,9-13H2,(H,26,29)/t15?,16-,17-,20?,23?/m0/s1. The van der Waals surface area contributed by atoms with Gasteiger partial charge in [-0.3, -0.25) is 4.79 Å². The van der Waals surface area contributed by atoms with Gasteiger partial charge in [0.1, 0.15) is 5.56 Å². The first-order valence-electron chi connectivity index (χ1n) is 11.7. The van der Waals surface area contributed by atoms with E-state index < -0.39 is 5.60 Å². The van der Waals surface area contributed by atoms with Gasteiger partial charge in [-0.2, -0.15) is 10.2 Å². The van der Waals surface area contributed by atoms with Gasteiger partial charge in [0.25, 0.3) is 5.91 Å². The molecule has 5 aliphatic carbocycles. The molecule has 30 heavy (non-hydrogen) atoms. The minimum Gasteiger partial charge on any atom is -0.390 e. The zero-order chi connectivity index (χ0) is 20.3. The van der Waals surface area contributed by atoms with E-state index in [0.29, 0.717) is 29.4 Å². The van der Waals surface area contributed by atoms with E-state index in [0.717, 1.165) is 50.8 Å². The number of carbonyl (C=O) groups is 1. The van der Waals surface area contributed by atoms with Crippen LogP contribution in [0.1, 0.15) is 80.6 Å². The van der Waals surface area contributed by atoms with E-state index in [9.17, 15) is 9.90 Å². The Hall–Kier alpha value is -2.15. The van der Waals surface area contributed by atoms with Gasteiger partial charge in [-0.15, -0.1) is 0 Å². The van der Waals surface area contributed by atoms with E-state index in [1.807, 2.05) is 16.9 Å². The third kappa shape index (κ3) is 3.01. The number of amides is 1. The molecule has 0 aliphatic heterocycles. The molecular weight excluding hydrogens is 378 g/mol. The topological polar surface area (TPSA) is 85.0 Å². The first kappa shape index (κ1) is 18.6. The average Bonchev–Trinajstić information content (AvgIpc) is 3.39. The first-order valence-corrected chi connectivity index (χ1v) is 11.7. The number of carbonyl (C=O) groups excluding carboxylic acids is 1. The molecule has 1 amide bonds. The molecule has 0 unspecified atom stereocenters. The Balaban J connectivity index is 1.29. The number of aliphatic hydroxyl groups is 1. The van der Waals surface area contributed by atoms with Gasteiger partial charge in [-0.25, -0.2) is 9.36 Å². The van der Waals surface area contributed by atoms with Crippen molar-refractivity contribution in [2.45, 2.75) is 81.9 Å². The third-order valence-corrected chi connectivity index (χ3v) is 8.19. The van der Waals surface area contributed by atoms with E-state index in [2.05, 4.69) is 15.5 Å². The van der Waals surface area contributed by atoms with Crippen LogP contribution in [0.3, 0.4) is 0 Å². The lowest BCUT2D eigenvalue weighted by atomic mass is 9.52. The maximum absolute atomic E-state index is 13.5. The number of nitrogens with zero attached hydrogens (tertiary/aromatic N) is 4. The Labute approximate surface area is 176 Å². The van der Waals surface area contributed by atoms with Gasteiger partial charge in [-0.05, 0) is 68.8 Å². The summed E-state index contributed by atoms with van der Waals surface area (Å²) in [6, 6.07) is 2.38. The SMILES string of the molecule is O=C(NC1[C@H]2CC3C[C@H]1CC(O)(C3)C2)c1cnn(C2CCCCC2)c1-n1cccn1. The van der Waals surface area contributed by atoms with E-state index in [1.165, 1.54) is 19.3 Å². The minimum atomic E-state index is -0.482. The van der Waals surface area contributed by atoms with Crippen molar-refractivity contribution >= 4 is 5.91 Å². The second-order valence-electron chi connectivity index (χ2n) is 10.3. The highest BCUT2D eigenvalue weighted by Gasteiger charge is 2.55. The van der Waals surface area contributed by atoms with Gasteiger partial charge in [0, 0.05) is 18.4 Å². The number of hydrogen-bond acceptors (Lipinski definition) is 4. The molecule has 2 N–H and O–H groups in total. The molecule has 4 bridgehead atoms. The van der Waals surface area contributed by atoms with Crippen LogP contribution in [0.4, 0.5) is 0 Å². The Morgan fingerprint density at radius 1 is 1.10 bits per heavy atom. The molecule has 0 spiro atoms. The van der Waals surface area contributed by atoms with Crippen LogP contribution in [0.2, 0.25) is 0 Å². The number of aromatic nitrogens is 4. The van der Waals surface area contributed by atoms with Crippen LogP contribution < -0.4 is 5.32 Å². The van der Waals surface area contributed by atoms with Crippen molar-refractivity contribution in [1.82, 2.24) is 24.9 Å². The fourth-order valence-corrected chi connectivity index (χ4v) is 7.18. The Kier molecular flexibility index (Phi) is 4.30. The van der Waals surface area contributed by atoms with Crippen molar-refractivity contribution in [3.63, 3.8) is 0 Å². The Morgan fingerprint density at radius 2 is 1.87 bits per heavy atom. The molecule has 2 aromatic rings. The second-order valence-corrected chi connectivity index (χ2v) is 10.3. The summed E-state index contributed by atoms with van der Waals surface area (Å²) in [6.07, 6.45) is 16.2. The highest BCUT2D eigenvalue weighted by Crippen LogP contribution is 2.55. The summed E-state index contributed by atoms with van der Waals surface area (Å²) in [7, 11) is 0. The monoisotopic (exact) mass is 409 g/mol. The summed E-state index contributed by atoms with van der Waals surface area (Å²) in [5.41, 5.74) is 0.126. The number of nitrogens with one attached hydrogen (secondary N) is 1. The summed E-state index contributed by atoms with van der Waals surface area (Å²) in [6.45, 7) is 0. The van der Waals surface area contributed by atoms with Crippen molar-refractivity contribution < 1.29 is 9.90 Å². The van der Waals surface area contributed by atoms with Gasteiger partial charge in [-0.1, -0.05) is 19.3 Å². The molecule has 5 fully saturated rings. The van der Waals surface area contributed by atoms with Crippen LogP contribution in [0, 0.1) is 17.8 Å². The zero-order valence-electron chi connectivity index (χ0n) is 17.4. The summed E-state index contributed by atoms with van der Waals surface area (Å²) < 4.78 is 3.82. The molecule has 160 valence electrons. The van der Waals surface area contributed by atoms with E-state index in [1.54, 1.807) is 17.1 Å². The maximum atomic E-state index is 13.5. The second kappa shape index (κ2) is 6.94. The molecule has 0 radical (unpaired) electrons. The molecule has 5 saturated carbocycles. The summed E-state index contributed by atoms with van der Waals surface area (Å²) >= 11 is 0. The molecular formula is C23H31N5O2. The molecule has 7 nitrogen and oxygen atoms in total. The maximum Gasteiger partial charge on any atom is 0.256 e. The van der Waals surface area contributed by atoms with Crippen LogP contribution in [-0.2, 0) is 0 Å². The highest BCUT2D eigenvalue weighted by atomic mass is 16.3. The third-order valence-electron chi connectivity index (χ3n) is 8.19. The molecule has 0 saturated heterocycles. The average molecular weight is 410 g/mol. The Morgan fingerprint density at radius 3 is 2.53 bits per heavy atom. The van der Waals surface area contributed by atoms with Crippen LogP contribution in [-0.4, -0.2) is 42.2 Å². The van der Waals surface area contributed by atoms with E-state index in [4.69, 9.17) is 0 Å². The molecule has 7 heteroatoms. The lowest BCUT2D eigenvalue weighted by Crippen LogP contribution is -2.61. The fourth-order valence-electron chi connectivity index (χ4n) is 7.18. The fraction of sp³-hybridized carbons (Fsp3) is 0.696. The van der Waals surface area contributed by atoms with E-state index in [-0.39, 0.29) is 11.9 Å². The van der Waals surface area contributed by atoms with Crippen LogP contribution in [0.15, 0.2) is 24.7 Å². The first-order chi connectivity index (χ1) is 14.6. The lowest BCUT2D eigenvalue weighted by molar-refractivity contribution is -0.136. The molecule has 2 atom stereocenters. The van der Waals surface area contributed by atoms with Crippen LogP contribution >= 0.6 is 0 Å². The smallest absolute Gasteiger partial charge is 0.256 e. The lowest BCUT2D eigenvalue weighted by Gasteiger charge is -2.58. The van der Waals surface area contributed by atoms with Crippen molar-refractivity contribution in [2.75, 3.05) is 0 Å². The van der Waals surface area contributed by atoms with Crippen molar-refractivity contribution in [1.29, 1.82) is 0 Å². The quantitative estimate of drug-likeness (QED) is 0.812. The number of rotatable bonds is 4. The zero-order valence-corrected chi connectivity index (χ0v) is 17.4. The molecule has 2 heterocycles. The van der Waals surface area contributed by atoms with Crippen LogP contribution in [0.5, 0.6) is 0 Å². The Bertz CT molecular complexity index is 914. The normalized spacial score (nSPS) is 35.6. The van der Waals surface area contributed by atoms with Crippen LogP contribution in [0.25, 0.3) is 5.82 Å². The highest BCUT2D eigenvalue weighted by molar-refractivity contribution is 5.97. The summed E-state index contributed by atoms with van der Waals surface area (Å²) in [5, 5.41) is 23.3. The van der Waals surface area contributed by atoms with Gasteiger partial charge >= 0.3 is 0 Å². The van der Waals surface area contributed by atoms with Crippen molar-refractivity contribution in [2.24, 2.45) is 17.8 Å². The number of hydrogen-bond donors (Lipinski definition) is 2. The van der Waals surface area contributed by atoms with Crippen molar-refractivity contribution in [3.05, 3.63) is 30.2 Å². The van der Waals surface area contributed by atoms with Gasteiger partial charge in [0.2, 0.25) is 0 Å². The van der Waals surface area contributed by atoms with Gasteiger partial charge in [0.05, 0.1) is 17.8 Å². The minimum absolute atomic E-state index is 0.0491. The summed E-state index contributed by atoms with van der Waals surface area (Å²) in [4.78, 5) is 13.5. The molecule has 7 rings (SSSR count).